The molecule has 5 nitrogen and oxygen atoms in total. The molecule has 1 heterocycles. The van der Waals surface area contributed by atoms with E-state index in [0.29, 0.717) is 22.0 Å². The van der Waals surface area contributed by atoms with Gasteiger partial charge in [0.15, 0.2) is 10.9 Å². The first kappa shape index (κ1) is 19.1. The van der Waals surface area contributed by atoms with E-state index in [1.807, 2.05) is 37.3 Å². The fraction of sp³-hybridized carbons (Fsp3) is 0.100. The zero-order chi connectivity index (χ0) is 19.4. The maximum absolute atomic E-state index is 12.3. The highest BCUT2D eigenvalue weighted by Crippen LogP contribution is 2.23. The van der Waals surface area contributed by atoms with Crippen molar-refractivity contribution >= 4 is 33.5 Å². The molecule has 3 rings (SSSR count). The molecule has 0 amide bonds. The lowest BCUT2D eigenvalue weighted by Gasteiger charge is -2.07. The van der Waals surface area contributed by atoms with Gasteiger partial charge in [-0.3, -0.25) is 9.59 Å². The second kappa shape index (κ2) is 8.33. The molecular weight excluding hydrogens is 426 g/mol. The molecule has 0 atom stereocenters. The van der Waals surface area contributed by atoms with Crippen LogP contribution in [0.5, 0.6) is 0 Å². The standard InChI is InChI=1S/C20H14BrN3O2S/c1-12-2-4-14(5-3-12)18-16(10-22)19(26)24-20(23-18)27-11-17(25)13-6-8-15(21)9-7-13/h2-9H,11H2,1H3,(H,23,24,26). The predicted molar refractivity (Wildman–Crippen MR) is 109 cm³/mol. The van der Waals surface area contributed by atoms with Crippen LogP contribution in [0.1, 0.15) is 21.5 Å². The first-order chi connectivity index (χ1) is 13.0. The van der Waals surface area contributed by atoms with Crippen molar-refractivity contribution in [2.24, 2.45) is 0 Å². The Kier molecular flexibility index (Phi) is 5.89. The predicted octanol–water partition coefficient (Wildman–Crippen LogP) is 4.35. The number of hydrogen-bond acceptors (Lipinski definition) is 5. The van der Waals surface area contributed by atoms with Crippen LogP contribution in [0.3, 0.4) is 0 Å². The smallest absolute Gasteiger partial charge is 0.270 e. The maximum Gasteiger partial charge on any atom is 0.270 e. The molecule has 134 valence electrons. The molecule has 0 aliphatic carbocycles. The third-order valence-corrected chi connectivity index (χ3v) is 5.24. The van der Waals surface area contributed by atoms with E-state index >= 15 is 0 Å². The largest absolute Gasteiger partial charge is 0.300 e. The number of carbonyl (C=O) groups excluding carboxylic acids is 1. The SMILES string of the molecule is Cc1ccc(-c2nc(SCC(=O)c3ccc(Br)cc3)[nH]c(=O)c2C#N)cc1. The number of H-pyrrole nitrogens is 1. The minimum atomic E-state index is -0.512. The van der Waals surface area contributed by atoms with Gasteiger partial charge in [-0.05, 0) is 19.1 Å². The second-order valence-corrected chi connectivity index (χ2v) is 7.67. The molecule has 0 radical (unpaired) electrons. The van der Waals surface area contributed by atoms with Gasteiger partial charge in [0.1, 0.15) is 11.6 Å². The molecule has 0 fully saturated rings. The van der Waals surface area contributed by atoms with Crippen molar-refractivity contribution in [1.82, 2.24) is 9.97 Å². The third-order valence-electron chi connectivity index (χ3n) is 3.84. The summed E-state index contributed by atoms with van der Waals surface area (Å²) >= 11 is 4.47. The minimum Gasteiger partial charge on any atom is -0.300 e. The zero-order valence-electron chi connectivity index (χ0n) is 14.3. The van der Waals surface area contributed by atoms with Crippen molar-refractivity contribution in [1.29, 1.82) is 5.26 Å². The molecule has 27 heavy (non-hydrogen) atoms. The normalized spacial score (nSPS) is 10.4. The Hall–Kier alpha value is -2.69. The lowest BCUT2D eigenvalue weighted by Crippen LogP contribution is -2.15. The van der Waals surface area contributed by atoms with Crippen LogP contribution in [0.25, 0.3) is 11.3 Å². The summed E-state index contributed by atoms with van der Waals surface area (Å²) in [7, 11) is 0. The minimum absolute atomic E-state index is 0.0394. The van der Waals surface area contributed by atoms with Gasteiger partial charge in [0.05, 0.1) is 11.4 Å². The maximum atomic E-state index is 12.3. The van der Waals surface area contributed by atoms with Gasteiger partial charge in [-0.25, -0.2) is 4.98 Å². The summed E-state index contributed by atoms with van der Waals surface area (Å²) in [6.45, 7) is 1.95. The molecule has 0 spiro atoms. The number of halogens is 1. The number of nitrogens with one attached hydrogen (secondary N) is 1. The quantitative estimate of drug-likeness (QED) is 0.362. The van der Waals surface area contributed by atoms with E-state index in [2.05, 4.69) is 25.9 Å². The number of nitrogens with zero attached hydrogens (tertiary/aromatic N) is 2. The lowest BCUT2D eigenvalue weighted by atomic mass is 10.1. The number of thioether (sulfide) groups is 1. The van der Waals surface area contributed by atoms with Crippen LogP contribution in [-0.4, -0.2) is 21.5 Å². The Morgan fingerprint density at radius 3 is 2.48 bits per heavy atom. The molecule has 0 unspecified atom stereocenters. The van der Waals surface area contributed by atoms with Crippen molar-refractivity contribution in [3.05, 3.63) is 80.0 Å². The molecule has 7 heteroatoms. The van der Waals surface area contributed by atoms with Gasteiger partial charge in [-0.1, -0.05) is 69.7 Å². The second-order valence-electron chi connectivity index (χ2n) is 5.79. The first-order valence-corrected chi connectivity index (χ1v) is 9.79. The molecule has 0 saturated heterocycles. The summed E-state index contributed by atoms with van der Waals surface area (Å²) in [6, 6.07) is 16.4. The summed E-state index contributed by atoms with van der Waals surface area (Å²) in [5.41, 5.74) is 2.10. The number of ketones is 1. The van der Waals surface area contributed by atoms with Gasteiger partial charge in [-0.2, -0.15) is 5.26 Å². The van der Waals surface area contributed by atoms with E-state index in [0.717, 1.165) is 21.8 Å². The Bertz CT molecular complexity index is 1080. The Balaban J connectivity index is 1.87. The number of Topliss-reactive ketones (excluding diaryl/α,β-unsaturated/α-hetero) is 1. The highest BCUT2D eigenvalue weighted by atomic mass is 79.9. The van der Waals surface area contributed by atoms with E-state index in [1.165, 1.54) is 0 Å². The molecule has 0 bridgehead atoms. The molecule has 3 aromatic rings. The molecule has 1 N–H and O–H groups in total. The summed E-state index contributed by atoms with van der Waals surface area (Å²) < 4.78 is 0.896. The van der Waals surface area contributed by atoms with E-state index in [4.69, 9.17) is 0 Å². The summed E-state index contributed by atoms with van der Waals surface area (Å²) in [4.78, 5) is 31.6. The number of nitriles is 1. The fourth-order valence-electron chi connectivity index (χ4n) is 2.40. The first-order valence-electron chi connectivity index (χ1n) is 8.01. The molecule has 2 aromatic carbocycles. The topological polar surface area (TPSA) is 86.6 Å². The van der Waals surface area contributed by atoms with Crippen LogP contribution in [-0.2, 0) is 0 Å². The van der Waals surface area contributed by atoms with Crippen LogP contribution < -0.4 is 5.56 Å². The van der Waals surface area contributed by atoms with Gasteiger partial charge < -0.3 is 4.98 Å². The van der Waals surface area contributed by atoms with Crippen LogP contribution in [0.15, 0.2) is 63.0 Å². The van der Waals surface area contributed by atoms with E-state index in [9.17, 15) is 14.9 Å². The van der Waals surface area contributed by atoms with Crippen molar-refractivity contribution in [3.63, 3.8) is 0 Å². The summed E-state index contributed by atoms with van der Waals surface area (Å²) in [5, 5.41) is 9.63. The number of aryl methyl sites for hydroxylation is 1. The molecule has 0 saturated carbocycles. The molecule has 1 aromatic heterocycles. The Labute approximate surface area is 168 Å². The monoisotopic (exact) mass is 439 g/mol. The zero-order valence-corrected chi connectivity index (χ0v) is 16.7. The number of benzene rings is 2. The number of aromatic amines is 1. The Morgan fingerprint density at radius 1 is 1.19 bits per heavy atom. The number of carbonyl (C=O) groups is 1. The lowest BCUT2D eigenvalue weighted by molar-refractivity contribution is 0.102. The van der Waals surface area contributed by atoms with Crippen molar-refractivity contribution in [2.75, 3.05) is 5.75 Å². The van der Waals surface area contributed by atoms with Crippen LogP contribution in [0.2, 0.25) is 0 Å². The van der Waals surface area contributed by atoms with E-state index in [1.54, 1.807) is 24.3 Å². The number of rotatable bonds is 5. The van der Waals surface area contributed by atoms with Gasteiger partial charge in [0, 0.05) is 15.6 Å². The Morgan fingerprint density at radius 2 is 1.85 bits per heavy atom. The molecular formula is C20H14BrN3O2S. The number of hydrogen-bond donors (Lipinski definition) is 1. The summed E-state index contributed by atoms with van der Waals surface area (Å²) in [5.74, 6) is 0.0560. The van der Waals surface area contributed by atoms with Gasteiger partial charge in [0.2, 0.25) is 0 Å². The van der Waals surface area contributed by atoms with Crippen molar-refractivity contribution < 1.29 is 4.79 Å². The third kappa shape index (κ3) is 4.54. The average Bonchev–Trinajstić information content (AvgIpc) is 2.67. The highest BCUT2D eigenvalue weighted by Gasteiger charge is 2.15. The van der Waals surface area contributed by atoms with Gasteiger partial charge >= 0.3 is 0 Å². The summed E-state index contributed by atoms with van der Waals surface area (Å²) in [6.07, 6.45) is 0. The van der Waals surface area contributed by atoms with Crippen LogP contribution >= 0.6 is 27.7 Å². The average molecular weight is 440 g/mol. The number of aromatic nitrogens is 2. The van der Waals surface area contributed by atoms with E-state index < -0.39 is 5.56 Å². The van der Waals surface area contributed by atoms with Crippen molar-refractivity contribution in [3.8, 4) is 17.3 Å². The van der Waals surface area contributed by atoms with Crippen molar-refractivity contribution in [2.45, 2.75) is 12.1 Å². The molecule has 0 aliphatic rings. The molecule has 0 aliphatic heterocycles. The van der Waals surface area contributed by atoms with Crippen LogP contribution in [0.4, 0.5) is 0 Å². The highest BCUT2D eigenvalue weighted by molar-refractivity contribution is 9.10. The van der Waals surface area contributed by atoms with Crippen LogP contribution in [0, 0.1) is 18.3 Å². The van der Waals surface area contributed by atoms with Gasteiger partial charge in [0.25, 0.3) is 5.56 Å². The van der Waals surface area contributed by atoms with Gasteiger partial charge in [-0.15, -0.1) is 0 Å². The van der Waals surface area contributed by atoms with E-state index in [-0.39, 0.29) is 17.1 Å². The fourth-order valence-corrected chi connectivity index (χ4v) is 3.42.